The van der Waals surface area contributed by atoms with Crippen LogP contribution < -0.4 is 5.69 Å². The fraction of sp³-hybridized carbons (Fsp3) is 0.333. The van der Waals surface area contributed by atoms with Crippen LogP contribution in [0, 0.1) is 6.92 Å². The molecule has 0 N–H and O–H groups in total. The topological polar surface area (TPSA) is 47.2 Å². The molecule has 1 amide bonds. The summed E-state index contributed by atoms with van der Waals surface area (Å²) in [5.74, 6) is -0.701. The lowest BCUT2D eigenvalue weighted by molar-refractivity contribution is -0.182. The molecule has 0 spiro atoms. The first-order valence-corrected chi connectivity index (χ1v) is 10.3. The van der Waals surface area contributed by atoms with Crippen LogP contribution in [0.1, 0.15) is 18.4 Å². The first-order chi connectivity index (χ1) is 14.2. The van der Waals surface area contributed by atoms with Gasteiger partial charge in [-0.25, -0.2) is 4.79 Å². The molecular weight excluding hydrogens is 463 g/mol. The number of hydrogen-bond donors (Lipinski definition) is 0. The molecule has 0 aliphatic carbocycles. The lowest BCUT2D eigenvalue weighted by atomic mass is 10.2. The van der Waals surface area contributed by atoms with Gasteiger partial charge in [-0.1, -0.05) is 28.1 Å². The highest BCUT2D eigenvalue weighted by atomic mass is 79.9. The summed E-state index contributed by atoms with van der Waals surface area (Å²) in [7, 11) is 0. The van der Waals surface area contributed by atoms with Gasteiger partial charge in [0, 0.05) is 11.0 Å². The number of likely N-dealkylation sites (tertiary alicyclic amines) is 1. The van der Waals surface area contributed by atoms with Gasteiger partial charge >= 0.3 is 11.9 Å². The van der Waals surface area contributed by atoms with Gasteiger partial charge in [-0.05, 0) is 55.7 Å². The Morgan fingerprint density at radius 3 is 2.53 bits per heavy atom. The SMILES string of the molecule is Cc1cccc2c1n(-c1ccc(Br)cc1)c(=O)n2CC(=O)N1CCC[C@H]1C(F)(F)F. The molecule has 0 saturated carbocycles. The zero-order valence-corrected chi connectivity index (χ0v) is 17.7. The van der Waals surface area contributed by atoms with Gasteiger partial charge in [0.15, 0.2) is 0 Å². The van der Waals surface area contributed by atoms with Crippen molar-refractivity contribution in [1.29, 1.82) is 0 Å². The number of imidazole rings is 1. The lowest BCUT2D eigenvalue weighted by Gasteiger charge is -2.26. The molecule has 1 aliphatic rings. The van der Waals surface area contributed by atoms with Crippen LogP contribution >= 0.6 is 15.9 Å². The van der Waals surface area contributed by atoms with Crippen LogP contribution in [0.3, 0.4) is 0 Å². The van der Waals surface area contributed by atoms with Gasteiger partial charge in [-0.15, -0.1) is 0 Å². The molecular formula is C21H19BrF3N3O2. The van der Waals surface area contributed by atoms with Crippen molar-refractivity contribution in [3.8, 4) is 5.69 Å². The van der Waals surface area contributed by atoms with E-state index in [2.05, 4.69) is 15.9 Å². The monoisotopic (exact) mass is 481 g/mol. The molecule has 1 saturated heterocycles. The molecule has 4 rings (SSSR count). The number of amides is 1. The molecule has 2 heterocycles. The summed E-state index contributed by atoms with van der Waals surface area (Å²) in [6.45, 7) is 1.46. The van der Waals surface area contributed by atoms with Gasteiger partial charge in [-0.3, -0.25) is 13.9 Å². The van der Waals surface area contributed by atoms with Gasteiger partial charge in [0.25, 0.3) is 0 Å². The Labute approximate surface area is 178 Å². The van der Waals surface area contributed by atoms with Crippen molar-refractivity contribution in [3.63, 3.8) is 0 Å². The summed E-state index contributed by atoms with van der Waals surface area (Å²) in [5.41, 5.74) is 2.12. The first kappa shape index (κ1) is 20.7. The summed E-state index contributed by atoms with van der Waals surface area (Å²) in [5, 5.41) is 0. The van der Waals surface area contributed by atoms with Crippen LogP contribution in [0.2, 0.25) is 0 Å². The Morgan fingerprint density at radius 1 is 1.17 bits per heavy atom. The van der Waals surface area contributed by atoms with Crippen molar-refractivity contribution in [3.05, 3.63) is 63.0 Å². The fourth-order valence-corrected chi connectivity index (χ4v) is 4.35. The quantitative estimate of drug-likeness (QED) is 0.555. The lowest BCUT2D eigenvalue weighted by Crippen LogP contribution is -2.46. The van der Waals surface area contributed by atoms with Crippen molar-refractivity contribution in [2.24, 2.45) is 0 Å². The summed E-state index contributed by atoms with van der Waals surface area (Å²) in [6.07, 6.45) is -4.28. The second-order valence-corrected chi connectivity index (χ2v) is 8.33. The summed E-state index contributed by atoms with van der Waals surface area (Å²) in [6, 6.07) is 10.7. The Morgan fingerprint density at radius 2 is 1.87 bits per heavy atom. The van der Waals surface area contributed by atoms with Crippen LogP contribution in [0.4, 0.5) is 13.2 Å². The second kappa shape index (κ2) is 7.61. The Balaban J connectivity index is 1.80. The third kappa shape index (κ3) is 3.55. The van der Waals surface area contributed by atoms with Crippen LogP contribution in [0.25, 0.3) is 16.7 Å². The smallest absolute Gasteiger partial charge is 0.329 e. The predicted octanol–water partition coefficient (Wildman–Crippen LogP) is 4.42. The number of benzene rings is 2. The van der Waals surface area contributed by atoms with Crippen molar-refractivity contribution in [1.82, 2.24) is 14.0 Å². The van der Waals surface area contributed by atoms with Crippen LogP contribution in [-0.2, 0) is 11.3 Å². The molecule has 0 unspecified atom stereocenters. The normalized spacial score (nSPS) is 17.1. The third-order valence-electron chi connectivity index (χ3n) is 5.48. The minimum absolute atomic E-state index is 0.0438. The minimum atomic E-state index is -4.47. The molecule has 158 valence electrons. The maximum atomic E-state index is 13.3. The third-order valence-corrected chi connectivity index (χ3v) is 6.01. The number of para-hydroxylation sites is 1. The van der Waals surface area contributed by atoms with Gasteiger partial charge in [0.1, 0.15) is 12.6 Å². The number of alkyl halides is 3. The fourth-order valence-electron chi connectivity index (χ4n) is 4.09. The van der Waals surface area contributed by atoms with Crippen molar-refractivity contribution in [2.75, 3.05) is 6.54 Å². The maximum Gasteiger partial charge on any atom is 0.408 e. The number of aryl methyl sites for hydroxylation is 1. The van der Waals surface area contributed by atoms with E-state index < -0.39 is 30.4 Å². The van der Waals surface area contributed by atoms with Gasteiger partial charge in [0.05, 0.1) is 16.7 Å². The molecule has 5 nitrogen and oxygen atoms in total. The highest BCUT2D eigenvalue weighted by Crippen LogP contribution is 2.33. The van der Waals surface area contributed by atoms with E-state index in [-0.39, 0.29) is 13.0 Å². The number of halogens is 4. The van der Waals surface area contributed by atoms with E-state index in [1.54, 1.807) is 36.4 Å². The summed E-state index contributed by atoms with van der Waals surface area (Å²) in [4.78, 5) is 26.9. The number of aromatic nitrogens is 2. The molecule has 2 aromatic carbocycles. The zero-order chi connectivity index (χ0) is 21.6. The van der Waals surface area contributed by atoms with Crippen molar-refractivity contribution >= 4 is 32.9 Å². The van der Waals surface area contributed by atoms with Gasteiger partial charge in [-0.2, -0.15) is 13.2 Å². The number of rotatable bonds is 3. The van der Waals surface area contributed by atoms with Crippen molar-refractivity contribution < 1.29 is 18.0 Å². The van der Waals surface area contributed by atoms with E-state index in [1.807, 2.05) is 13.0 Å². The number of carbonyl (C=O) groups excluding carboxylic acids is 1. The van der Waals surface area contributed by atoms with E-state index in [9.17, 15) is 22.8 Å². The van der Waals surface area contributed by atoms with Gasteiger partial charge < -0.3 is 4.90 Å². The molecule has 30 heavy (non-hydrogen) atoms. The molecule has 1 atom stereocenters. The van der Waals surface area contributed by atoms with E-state index >= 15 is 0 Å². The number of fused-ring (bicyclic) bond motifs is 1. The Bertz CT molecular complexity index is 1170. The predicted molar refractivity (Wildman–Crippen MR) is 111 cm³/mol. The Kier molecular flexibility index (Phi) is 5.25. The van der Waals surface area contributed by atoms with E-state index in [4.69, 9.17) is 0 Å². The van der Waals surface area contributed by atoms with E-state index in [0.717, 1.165) is 14.9 Å². The number of carbonyl (C=O) groups is 1. The molecule has 0 bridgehead atoms. The van der Waals surface area contributed by atoms with E-state index in [0.29, 0.717) is 23.1 Å². The molecule has 3 aromatic rings. The zero-order valence-electron chi connectivity index (χ0n) is 16.1. The number of hydrogen-bond acceptors (Lipinski definition) is 2. The minimum Gasteiger partial charge on any atom is -0.329 e. The van der Waals surface area contributed by atoms with E-state index in [1.165, 1.54) is 9.13 Å². The average molecular weight is 482 g/mol. The van der Waals surface area contributed by atoms with Crippen LogP contribution in [0.5, 0.6) is 0 Å². The van der Waals surface area contributed by atoms with Crippen molar-refractivity contribution in [2.45, 2.75) is 38.5 Å². The second-order valence-electron chi connectivity index (χ2n) is 7.41. The molecule has 0 radical (unpaired) electrons. The molecule has 1 aromatic heterocycles. The molecule has 1 fully saturated rings. The standard InChI is InChI=1S/C21H19BrF3N3O2/c1-13-4-2-5-16-19(13)28(15-9-7-14(22)8-10-15)20(30)27(16)12-18(29)26-11-3-6-17(26)21(23,24)25/h2,4-5,7-10,17H,3,6,11-12H2,1H3/t17-/m0/s1. The molecule has 1 aliphatic heterocycles. The highest BCUT2D eigenvalue weighted by Gasteiger charge is 2.47. The summed E-state index contributed by atoms with van der Waals surface area (Å²) < 4.78 is 43.5. The maximum absolute atomic E-state index is 13.3. The molecule has 9 heteroatoms. The van der Waals surface area contributed by atoms with Gasteiger partial charge in [0.2, 0.25) is 5.91 Å². The van der Waals surface area contributed by atoms with Crippen LogP contribution in [-0.4, -0.2) is 38.7 Å². The average Bonchev–Trinajstić information content (AvgIpc) is 3.28. The first-order valence-electron chi connectivity index (χ1n) is 9.51. The largest absolute Gasteiger partial charge is 0.408 e. The highest BCUT2D eigenvalue weighted by molar-refractivity contribution is 9.10. The number of nitrogens with zero attached hydrogens (tertiary/aromatic N) is 3. The van der Waals surface area contributed by atoms with Crippen LogP contribution in [0.15, 0.2) is 51.7 Å². The summed E-state index contributed by atoms with van der Waals surface area (Å²) >= 11 is 3.36. The Hall–Kier alpha value is -2.55.